The zero-order chi connectivity index (χ0) is 17.4. The molecule has 2 atom stereocenters. The molecule has 1 aromatic carbocycles. The van der Waals surface area contributed by atoms with E-state index in [2.05, 4.69) is 19.1 Å². The Balaban J connectivity index is 1.98. The molecule has 1 aliphatic heterocycles. The molecular weight excluding hydrogens is 318 g/mol. The van der Waals surface area contributed by atoms with Gasteiger partial charge in [0.15, 0.2) is 0 Å². The van der Waals surface area contributed by atoms with E-state index in [9.17, 15) is 4.79 Å². The second kappa shape index (κ2) is 6.21. The average molecular weight is 337 g/mol. The van der Waals surface area contributed by atoms with Crippen molar-refractivity contribution in [1.29, 1.82) is 10.7 Å². The average Bonchev–Trinajstić information content (AvgIpc) is 2.97. The summed E-state index contributed by atoms with van der Waals surface area (Å²) in [4.78, 5) is 16.1. The van der Waals surface area contributed by atoms with Crippen LogP contribution >= 0.6 is 11.3 Å². The zero-order valence-electron chi connectivity index (χ0n) is 14.0. The number of hydrogen-bond donors (Lipinski definition) is 1. The van der Waals surface area contributed by atoms with Crippen LogP contribution in [0.15, 0.2) is 30.3 Å². The largest absolute Gasteiger partial charge is 0.304 e. The number of thiophene rings is 1. The lowest BCUT2D eigenvalue weighted by Crippen LogP contribution is -2.44. The van der Waals surface area contributed by atoms with Crippen molar-refractivity contribution >= 4 is 23.1 Å². The highest BCUT2D eigenvalue weighted by molar-refractivity contribution is 7.12. The molecule has 0 saturated carbocycles. The predicted octanol–water partition coefficient (Wildman–Crippen LogP) is 4.15. The number of carbonyl (C=O) groups excluding carboxylic acids is 1. The molecule has 1 aliphatic rings. The van der Waals surface area contributed by atoms with E-state index in [0.717, 1.165) is 16.0 Å². The quantitative estimate of drug-likeness (QED) is 0.894. The van der Waals surface area contributed by atoms with Gasteiger partial charge in [-0.25, -0.2) is 0 Å². The van der Waals surface area contributed by atoms with Gasteiger partial charge in [-0.3, -0.25) is 10.2 Å². The minimum atomic E-state index is -0.125. The fourth-order valence-electron chi connectivity index (χ4n) is 3.21. The summed E-state index contributed by atoms with van der Waals surface area (Å²) in [5.41, 5.74) is 2.78. The van der Waals surface area contributed by atoms with Gasteiger partial charge in [-0.2, -0.15) is 5.26 Å². The van der Waals surface area contributed by atoms with E-state index < -0.39 is 0 Å². The molecule has 1 saturated heterocycles. The highest BCUT2D eigenvalue weighted by Crippen LogP contribution is 2.41. The Hall–Kier alpha value is -2.45. The van der Waals surface area contributed by atoms with Gasteiger partial charge in [0.2, 0.25) is 5.91 Å². The summed E-state index contributed by atoms with van der Waals surface area (Å²) in [6.45, 7) is 4.01. The summed E-state index contributed by atoms with van der Waals surface area (Å²) in [5.74, 6) is 0.316. The molecule has 24 heavy (non-hydrogen) atoms. The molecule has 2 heterocycles. The van der Waals surface area contributed by atoms with E-state index in [0.29, 0.717) is 17.8 Å². The Kier molecular flexibility index (Phi) is 4.25. The normalized spacial score (nSPS) is 21.0. The monoisotopic (exact) mass is 337 g/mol. The SMILES string of the molecule is Cc1sc([C@H]2CC(=N)N(C)C(=O)[C@@H]2C)cc1-c1cccc(C#N)c1. The molecule has 122 valence electrons. The highest BCUT2D eigenvalue weighted by atomic mass is 32.1. The van der Waals surface area contributed by atoms with Crippen LogP contribution in [0.3, 0.4) is 0 Å². The third kappa shape index (κ3) is 2.74. The number of nitriles is 1. The van der Waals surface area contributed by atoms with Gasteiger partial charge in [0.25, 0.3) is 0 Å². The number of aryl methyl sites for hydroxylation is 1. The summed E-state index contributed by atoms with van der Waals surface area (Å²) in [6, 6.07) is 11.9. The van der Waals surface area contributed by atoms with Crippen molar-refractivity contribution in [2.45, 2.75) is 26.2 Å². The topological polar surface area (TPSA) is 68.0 Å². The Morgan fingerprint density at radius 3 is 2.83 bits per heavy atom. The van der Waals surface area contributed by atoms with Crippen LogP contribution in [-0.4, -0.2) is 23.7 Å². The van der Waals surface area contributed by atoms with Crippen molar-refractivity contribution in [3.8, 4) is 17.2 Å². The molecule has 0 bridgehead atoms. The van der Waals surface area contributed by atoms with Crippen molar-refractivity contribution < 1.29 is 4.79 Å². The second-order valence-electron chi connectivity index (χ2n) is 6.25. The first-order chi connectivity index (χ1) is 11.4. The van der Waals surface area contributed by atoms with Crippen LogP contribution in [0.4, 0.5) is 0 Å². The number of likely N-dealkylation sites (tertiary alicyclic amines) is 1. The Morgan fingerprint density at radius 2 is 2.12 bits per heavy atom. The second-order valence-corrected chi connectivity index (χ2v) is 7.54. The maximum Gasteiger partial charge on any atom is 0.231 e. The molecule has 5 heteroatoms. The third-order valence-electron chi connectivity index (χ3n) is 4.75. The number of piperidine rings is 1. The number of nitrogens with zero attached hydrogens (tertiary/aromatic N) is 2. The first-order valence-electron chi connectivity index (χ1n) is 7.88. The van der Waals surface area contributed by atoms with Crippen LogP contribution < -0.4 is 0 Å². The van der Waals surface area contributed by atoms with Crippen LogP contribution in [0.2, 0.25) is 0 Å². The summed E-state index contributed by atoms with van der Waals surface area (Å²) < 4.78 is 0. The van der Waals surface area contributed by atoms with Gasteiger partial charge in [0.1, 0.15) is 5.84 Å². The van der Waals surface area contributed by atoms with Crippen molar-refractivity contribution in [2.75, 3.05) is 7.05 Å². The lowest BCUT2D eigenvalue weighted by atomic mass is 9.84. The molecule has 4 nitrogen and oxygen atoms in total. The molecule has 0 spiro atoms. The Labute approximate surface area is 145 Å². The standard InChI is InChI=1S/C19H19N3OS/c1-11-15(9-18(21)22(3)19(11)23)17-8-16(12(2)24-17)14-6-4-5-13(7-14)10-20/h4-8,11,15,21H,9H2,1-3H3/t11-,15+/m1/s1. The van der Waals surface area contributed by atoms with Crippen LogP contribution in [0.5, 0.6) is 0 Å². The summed E-state index contributed by atoms with van der Waals surface area (Å²) >= 11 is 1.69. The number of nitrogens with one attached hydrogen (secondary N) is 1. The van der Waals surface area contributed by atoms with E-state index in [1.54, 1.807) is 24.5 Å². The third-order valence-corrected chi connectivity index (χ3v) is 5.93. The van der Waals surface area contributed by atoms with Gasteiger partial charge in [0.05, 0.1) is 11.6 Å². The molecule has 0 unspecified atom stereocenters. The molecule has 0 aliphatic carbocycles. The number of carbonyl (C=O) groups is 1. The van der Waals surface area contributed by atoms with Crippen LogP contribution in [0, 0.1) is 29.6 Å². The number of rotatable bonds is 2. The maximum atomic E-state index is 12.3. The van der Waals surface area contributed by atoms with E-state index in [-0.39, 0.29) is 17.7 Å². The lowest BCUT2D eigenvalue weighted by Gasteiger charge is -2.34. The first-order valence-corrected chi connectivity index (χ1v) is 8.70. The molecule has 2 aromatic rings. The van der Waals surface area contributed by atoms with Crippen LogP contribution in [0.25, 0.3) is 11.1 Å². The minimum Gasteiger partial charge on any atom is -0.304 e. The lowest BCUT2D eigenvalue weighted by molar-refractivity contribution is -0.132. The molecule has 1 aromatic heterocycles. The highest BCUT2D eigenvalue weighted by Gasteiger charge is 2.36. The van der Waals surface area contributed by atoms with Crippen molar-refractivity contribution in [1.82, 2.24) is 4.90 Å². The van der Waals surface area contributed by atoms with E-state index in [4.69, 9.17) is 10.7 Å². The number of amidine groups is 1. The van der Waals surface area contributed by atoms with Gasteiger partial charge < -0.3 is 4.90 Å². The molecule has 1 amide bonds. The molecule has 1 fully saturated rings. The number of benzene rings is 1. The molecule has 0 radical (unpaired) electrons. The smallest absolute Gasteiger partial charge is 0.231 e. The fourth-order valence-corrected chi connectivity index (χ4v) is 4.47. The Bertz CT molecular complexity index is 862. The number of amides is 1. The summed E-state index contributed by atoms with van der Waals surface area (Å²) in [5, 5.41) is 17.1. The van der Waals surface area contributed by atoms with Gasteiger partial charge >= 0.3 is 0 Å². The first kappa shape index (κ1) is 16.4. The summed E-state index contributed by atoms with van der Waals surface area (Å²) in [7, 11) is 1.68. The minimum absolute atomic E-state index is 0.00957. The van der Waals surface area contributed by atoms with Gasteiger partial charge in [0, 0.05) is 35.1 Å². The zero-order valence-corrected chi connectivity index (χ0v) is 14.8. The Morgan fingerprint density at radius 1 is 1.38 bits per heavy atom. The van der Waals surface area contributed by atoms with Crippen molar-refractivity contribution in [2.24, 2.45) is 5.92 Å². The van der Waals surface area contributed by atoms with Gasteiger partial charge in [-0.1, -0.05) is 19.1 Å². The molecule has 1 N–H and O–H groups in total. The van der Waals surface area contributed by atoms with E-state index in [1.807, 2.05) is 25.1 Å². The molecular formula is C19H19N3OS. The predicted molar refractivity (Wildman–Crippen MR) is 96.2 cm³/mol. The van der Waals surface area contributed by atoms with Crippen molar-refractivity contribution in [3.63, 3.8) is 0 Å². The number of hydrogen-bond acceptors (Lipinski definition) is 4. The fraction of sp³-hybridized carbons (Fsp3) is 0.316. The van der Waals surface area contributed by atoms with Gasteiger partial charge in [-0.05, 0) is 36.2 Å². The van der Waals surface area contributed by atoms with Crippen LogP contribution in [0.1, 0.15) is 34.6 Å². The van der Waals surface area contributed by atoms with E-state index in [1.165, 1.54) is 9.78 Å². The van der Waals surface area contributed by atoms with Crippen molar-refractivity contribution in [3.05, 3.63) is 45.6 Å². The van der Waals surface area contributed by atoms with Gasteiger partial charge in [-0.15, -0.1) is 11.3 Å². The summed E-state index contributed by atoms with van der Waals surface area (Å²) in [6.07, 6.45) is 0.584. The molecule has 3 rings (SSSR count). The van der Waals surface area contributed by atoms with Crippen LogP contribution in [-0.2, 0) is 4.79 Å². The maximum absolute atomic E-state index is 12.3. The van der Waals surface area contributed by atoms with E-state index >= 15 is 0 Å².